The summed E-state index contributed by atoms with van der Waals surface area (Å²) in [6, 6.07) is 0. The van der Waals surface area contributed by atoms with Gasteiger partial charge in [0, 0.05) is 0 Å². The van der Waals surface area contributed by atoms with Crippen molar-refractivity contribution in [3.63, 3.8) is 0 Å². The SMILES string of the molecule is O.O=P[O-].O=P[O-].[Co+2]. The monoisotopic (exact) mass is 203 g/mol. The number of hydrogen-bond acceptors (Lipinski definition) is 4. The average Bonchev–Trinajstić information content (AvgIpc) is 1.39. The van der Waals surface area contributed by atoms with Crippen LogP contribution in [0.4, 0.5) is 0 Å². The second-order valence-electron chi connectivity index (χ2n) is 0.149. The van der Waals surface area contributed by atoms with Gasteiger partial charge in [0.25, 0.3) is 0 Å². The third-order valence-electron chi connectivity index (χ3n) is 0. The van der Waals surface area contributed by atoms with Gasteiger partial charge in [-0.1, -0.05) is 0 Å². The minimum Gasteiger partial charge on any atom is -0.772 e. The van der Waals surface area contributed by atoms with Crippen molar-refractivity contribution in [2.45, 2.75) is 0 Å². The van der Waals surface area contributed by atoms with Crippen molar-refractivity contribution in [2.24, 2.45) is 0 Å². The number of hydrogen-bond donors (Lipinski definition) is 0. The molecular weight excluding hydrogens is 201 g/mol. The molecule has 0 rings (SSSR count). The Hall–Kier alpha value is 0.586. The topological polar surface area (TPSA) is 112 Å². The smallest absolute Gasteiger partial charge is 0.772 e. The van der Waals surface area contributed by atoms with E-state index >= 15 is 0 Å². The van der Waals surface area contributed by atoms with Crippen LogP contribution in [0.2, 0.25) is 0 Å². The summed E-state index contributed by atoms with van der Waals surface area (Å²) < 4.78 is 16.7. The fraction of sp³-hybridized carbons (Fsp3) is 0. The van der Waals surface area contributed by atoms with Gasteiger partial charge in [0.15, 0.2) is 0 Å². The first kappa shape index (κ1) is 23.5. The third-order valence-corrected chi connectivity index (χ3v) is 0. The zero-order chi connectivity index (χ0) is 5.41. The van der Waals surface area contributed by atoms with Crippen LogP contribution in [0, 0.1) is 0 Å². The van der Waals surface area contributed by atoms with Crippen molar-refractivity contribution in [3.8, 4) is 0 Å². The minimum atomic E-state index is -1.08. The summed E-state index contributed by atoms with van der Waals surface area (Å²) in [6.45, 7) is 0. The molecule has 0 aliphatic carbocycles. The molecule has 0 aromatic carbocycles. The van der Waals surface area contributed by atoms with Crippen LogP contribution in [-0.2, 0) is 25.9 Å². The van der Waals surface area contributed by atoms with Crippen molar-refractivity contribution in [3.05, 3.63) is 0 Å². The number of rotatable bonds is 0. The summed E-state index contributed by atoms with van der Waals surface area (Å²) in [4.78, 5) is 16.7. The van der Waals surface area contributed by atoms with Gasteiger partial charge in [-0.3, -0.25) is 9.13 Å². The molecule has 0 amide bonds. The molecule has 0 aromatic rings. The second-order valence-corrected chi connectivity index (χ2v) is 0.447. The maximum atomic E-state index is 8.35. The quantitative estimate of drug-likeness (QED) is 0.435. The summed E-state index contributed by atoms with van der Waals surface area (Å²) in [7, 11) is -2.17. The van der Waals surface area contributed by atoms with E-state index in [-0.39, 0.29) is 22.3 Å². The molecule has 0 fully saturated rings. The Balaban J connectivity index is -0.0000000160. The Morgan fingerprint density at radius 2 is 1.00 bits per heavy atom. The van der Waals surface area contributed by atoms with Crippen molar-refractivity contribution in [1.29, 1.82) is 0 Å². The molecule has 1 radical (unpaired) electrons. The molecule has 0 saturated carbocycles. The normalized spacial score (nSPS) is 5.25. The van der Waals surface area contributed by atoms with E-state index in [0.717, 1.165) is 0 Å². The predicted octanol–water partition coefficient (Wildman–Crippen LogP) is -1.72. The Labute approximate surface area is 59.2 Å². The molecule has 0 heterocycles. The first-order chi connectivity index (χ1) is 2.83. The van der Waals surface area contributed by atoms with Crippen LogP contribution in [0.25, 0.3) is 0 Å². The fourth-order valence-corrected chi connectivity index (χ4v) is 0. The second kappa shape index (κ2) is 49.2. The molecule has 0 unspecified atom stereocenters. The molecule has 2 N–H and O–H groups in total. The summed E-state index contributed by atoms with van der Waals surface area (Å²) >= 11 is 0. The zero-order valence-corrected chi connectivity index (χ0v) is 6.19. The molecule has 0 bridgehead atoms. The Bertz CT molecular complexity index is 31.4. The van der Waals surface area contributed by atoms with Gasteiger partial charge in [-0.2, -0.15) is 0 Å². The first-order valence-electron chi connectivity index (χ1n) is 0.730. The summed E-state index contributed by atoms with van der Waals surface area (Å²) in [5.74, 6) is 0. The van der Waals surface area contributed by atoms with Gasteiger partial charge in [-0.25, -0.2) is 0 Å². The van der Waals surface area contributed by atoms with Crippen LogP contribution in [0.15, 0.2) is 0 Å². The van der Waals surface area contributed by atoms with Crippen LogP contribution < -0.4 is 9.79 Å². The van der Waals surface area contributed by atoms with Crippen molar-refractivity contribution in [1.82, 2.24) is 0 Å². The molecule has 5 nitrogen and oxygen atoms in total. The first-order valence-corrected chi connectivity index (χ1v) is 2.19. The van der Waals surface area contributed by atoms with E-state index in [0.29, 0.717) is 0 Å². The molecule has 0 aliphatic heterocycles. The van der Waals surface area contributed by atoms with E-state index < -0.39 is 17.4 Å². The molecule has 51 valence electrons. The van der Waals surface area contributed by atoms with Crippen molar-refractivity contribution < 1.29 is 41.2 Å². The maximum absolute atomic E-state index is 8.35. The van der Waals surface area contributed by atoms with Crippen molar-refractivity contribution in [2.75, 3.05) is 0 Å². The summed E-state index contributed by atoms with van der Waals surface area (Å²) in [5, 5.41) is 0. The Morgan fingerprint density at radius 3 is 1.00 bits per heavy atom. The molecule has 0 atom stereocenters. The van der Waals surface area contributed by atoms with Crippen LogP contribution in [0.1, 0.15) is 0 Å². The van der Waals surface area contributed by atoms with Gasteiger partial charge in [0.1, 0.15) is 0 Å². The molecular formula is H2CoO5P2. The standard InChI is InChI=1S/Co.2HO2P.H2O/c;2*1-3-2;/h;2*(H,1,2);1H2/q+2;;;/p-2. The van der Waals surface area contributed by atoms with Crippen molar-refractivity contribution >= 4 is 17.4 Å². The Morgan fingerprint density at radius 1 is 1.00 bits per heavy atom. The van der Waals surface area contributed by atoms with E-state index in [1.807, 2.05) is 0 Å². The van der Waals surface area contributed by atoms with Gasteiger partial charge in [0.2, 0.25) is 0 Å². The van der Waals surface area contributed by atoms with Gasteiger partial charge in [-0.15, -0.1) is 0 Å². The molecule has 0 aromatic heterocycles. The van der Waals surface area contributed by atoms with E-state index in [9.17, 15) is 0 Å². The van der Waals surface area contributed by atoms with Gasteiger partial charge in [-0.05, 0) is 0 Å². The Kier molecular flexibility index (Phi) is 144. The van der Waals surface area contributed by atoms with Gasteiger partial charge >= 0.3 is 16.8 Å². The van der Waals surface area contributed by atoms with Crippen LogP contribution in [0.5, 0.6) is 0 Å². The van der Waals surface area contributed by atoms with Crippen LogP contribution in [0.3, 0.4) is 0 Å². The van der Waals surface area contributed by atoms with E-state index in [2.05, 4.69) is 0 Å². The third kappa shape index (κ3) is 598. The van der Waals surface area contributed by atoms with Crippen LogP contribution in [-0.4, -0.2) is 5.48 Å². The predicted molar refractivity (Wildman–Crippen MR) is 18.8 cm³/mol. The molecule has 0 saturated heterocycles. The fourth-order valence-electron chi connectivity index (χ4n) is 0. The van der Waals surface area contributed by atoms with E-state index in [4.69, 9.17) is 18.9 Å². The van der Waals surface area contributed by atoms with Gasteiger partial charge in [0.05, 0.1) is 17.4 Å². The van der Waals surface area contributed by atoms with E-state index in [1.54, 1.807) is 0 Å². The maximum Gasteiger partial charge on any atom is 2.00 e. The zero-order valence-electron chi connectivity index (χ0n) is 3.36. The summed E-state index contributed by atoms with van der Waals surface area (Å²) in [6.07, 6.45) is 0. The largest absolute Gasteiger partial charge is 2.00 e. The molecule has 8 heteroatoms. The summed E-state index contributed by atoms with van der Waals surface area (Å²) in [5.41, 5.74) is 0. The minimum absolute atomic E-state index is 0. The van der Waals surface area contributed by atoms with Crippen LogP contribution >= 0.6 is 17.4 Å². The molecule has 0 aliphatic rings. The molecule has 0 spiro atoms. The van der Waals surface area contributed by atoms with E-state index in [1.165, 1.54) is 0 Å². The van der Waals surface area contributed by atoms with Gasteiger partial charge < -0.3 is 15.3 Å². The molecule has 8 heavy (non-hydrogen) atoms. The average molecular weight is 203 g/mol.